The van der Waals surface area contributed by atoms with Crippen molar-refractivity contribution in [2.45, 2.75) is 11.4 Å². The Hall–Kier alpha value is -4.25. The van der Waals surface area contributed by atoms with Crippen LogP contribution in [0.15, 0.2) is 86.9 Å². The van der Waals surface area contributed by atoms with Crippen LogP contribution in [0, 0.1) is 15.9 Å². The molecule has 33 heavy (non-hydrogen) atoms. The first-order valence-corrected chi connectivity index (χ1v) is 10.9. The van der Waals surface area contributed by atoms with Gasteiger partial charge in [-0.3, -0.25) is 10.1 Å². The molecule has 3 aromatic carbocycles. The van der Waals surface area contributed by atoms with Crippen LogP contribution in [-0.4, -0.2) is 13.3 Å². The third-order valence-corrected chi connectivity index (χ3v) is 5.91. The number of non-ortho nitro benzene ring substituents is 1. The number of anilines is 1. The Kier molecular flexibility index (Phi) is 5.80. The number of rotatable bonds is 7. The number of nitro groups is 1. The van der Waals surface area contributed by atoms with Gasteiger partial charge in [-0.1, -0.05) is 12.1 Å². The minimum atomic E-state index is -4.12. The Morgan fingerprint density at radius 3 is 2.36 bits per heavy atom. The van der Waals surface area contributed by atoms with Gasteiger partial charge in [0.1, 0.15) is 22.0 Å². The van der Waals surface area contributed by atoms with Crippen molar-refractivity contribution in [3.8, 4) is 5.75 Å². The van der Waals surface area contributed by atoms with Crippen molar-refractivity contribution in [3.63, 3.8) is 0 Å². The summed E-state index contributed by atoms with van der Waals surface area (Å²) >= 11 is 0. The number of nitrogens with one attached hydrogen (secondary N) is 1. The summed E-state index contributed by atoms with van der Waals surface area (Å²) in [6, 6.07) is 15.5. The molecule has 0 saturated carbocycles. The first kappa shape index (κ1) is 22.0. The molecule has 0 aliphatic rings. The van der Waals surface area contributed by atoms with Crippen LogP contribution in [0.4, 0.5) is 15.8 Å². The first-order valence-electron chi connectivity index (χ1n) is 9.46. The van der Waals surface area contributed by atoms with Gasteiger partial charge in [0, 0.05) is 30.1 Å². The molecule has 0 radical (unpaired) electrons. The molecule has 0 fully saturated rings. The van der Waals surface area contributed by atoms with E-state index in [1.54, 1.807) is 12.1 Å². The van der Waals surface area contributed by atoms with E-state index in [0.717, 1.165) is 24.3 Å². The lowest BCUT2D eigenvalue weighted by atomic mass is 10.1. The molecular weight excluding hydrogens is 455 g/mol. The highest BCUT2D eigenvalue weighted by Gasteiger charge is 2.17. The molecule has 0 aliphatic heterocycles. The van der Waals surface area contributed by atoms with Gasteiger partial charge < -0.3 is 13.9 Å². The summed E-state index contributed by atoms with van der Waals surface area (Å²) in [4.78, 5) is 22.1. The first-order chi connectivity index (χ1) is 15.7. The van der Waals surface area contributed by atoms with Gasteiger partial charge in [0.25, 0.3) is 5.69 Å². The highest BCUT2D eigenvalue weighted by atomic mass is 32.2. The molecule has 0 spiro atoms. The maximum Gasteiger partial charge on any atom is 0.339 e. The molecule has 0 amide bonds. The van der Waals surface area contributed by atoms with Gasteiger partial charge in [0.2, 0.25) is 0 Å². The van der Waals surface area contributed by atoms with E-state index in [2.05, 4.69) is 5.32 Å². The van der Waals surface area contributed by atoms with Crippen LogP contribution in [0.2, 0.25) is 0 Å². The third-order valence-electron chi connectivity index (χ3n) is 4.65. The SMILES string of the molecule is O=c1cc(NCc2ccc(OS(=O)(=O)c3ccc(F)cc3)cc2)c2cc([N+](=O)[O-])ccc2o1. The fraction of sp³-hybridized carbons (Fsp3) is 0.0455. The maximum atomic E-state index is 13.0. The number of benzene rings is 3. The topological polar surface area (TPSA) is 129 Å². The molecule has 1 aromatic heterocycles. The van der Waals surface area contributed by atoms with Crippen LogP contribution in [-0.2, 0) is 16.7 Å². The Bertz CT molecular complexity index is 1500. The molecular formula is C22H15FN2O7S. The highest BCUT2D eigenvalue weighted by molar-refractivity contribution is 7.87. The number of nitro benzene ring substituents is 1. The van der Waals surface area contributed by atoms with E-state index < -0.39 is 26.5 Å². The van der Waals surface area contributed by atoms with Crippen LogP contribution < -0.4 is 15.1 Å². The molecule has 0 atom stereocenters. The van der Waals surface area contributed by atoms with E-state index in [1.165, 1.54) is 36.4 Å². The summed E-state index contributed by atoms with van der Waals surface area (Å²) in [7, 11) is -4.12. The summed E-state index contributed by atoms with van der Waals surface area (Å²) < 4.78 is 47.8. The zero-order chi connectivity index (χ0) is 23.6. The van der Waals surface area contributed by atoms with Crippen molar-refractivity contribution in [2.24, 2.45) is 0 Å². The van der Waals surface area contributed by atoms with Crippen molar-refractivity contribution in [1.29, 1.82) is 0 Å². The highest BCUT2D eigenvalue weighted by Crippen LogP contribution is 2.27. The molecule has 11 heteroatoms. The minimum Gasteiger partial charge on any atom is -0.423 e. The molecule has 9 nitrogen and oxygen atoms in total. The van der Waals surface area contributed by atoms with Gasteiger partial charge in [-0.15, -0.1) is 0 Å². The van der Waals surface area contributed by atoms with Crippen LogP contribution in [0.1, 0.15) is 5.56 Å². The quantitative estimate of drug-likeness (QED) is 0.184. The molecule has 0 saturated heterocycles. The standard InChI is InChI=1S/C22H15FN2O7S/c23-15-3-8-18(9-4-15)33(29,30)32-17-6-1-14(2-7-17)13-24-20-12-22(26)31-21-10-5-16(25(27)28)11-19(20)21/h1-12,24H,13H2. The Morgan fingerprint density at radius 2 is 1.70 bits per heavy atom. The van der Waals surface area contributed by atoms with Gasteiger partial charge in [0.05, 0.1) is 10.6 Å². The monoisotopic (exact) mass is 470 g/mol. The van der Waals surface area contributed by atoms with Crippen molar-refractivity contribution in [1.82, 2.24) is 0 Å². The minimum absolute atomic E-state index is 0.0597. The zero-order valence-corrected chi connectivity index (χ0v) is 17.5. The number of hydrogen-bond acceptors (Lipinski definition) is 8. The molecule has 0 unspecified atom stereocenters. The normalized spacial score (nSPS) is 11.3. The van der Waals surface area contributed by atoms with Crippen LogP contribution in [0.5, 0.6) is 5.75 Å². The van der Waals surface area contributed by atoms with Gasteiger partial charge in [-0.05, 0) is 48.0 Å². The van der Waals surface area contributed by atoms with Crippen LogP contribution in [0.25, 0.3) is 11.0 Å². The van der Waals surface area contributed by atoms with Crippen LogP contribution >= 0.6 is 0 Å². The van der Waals surface area contributed by atoms with E-state index in [4.69, 9.17) is 8.60 Å². The Labute approximate surface area is 186 Å². The lowest BCUT2D eigenvalue weighted by molar-refractivity contribution is -0.384. The fourth-order valence-electron chi connectivity index (χ4n) is 3.05. The third kappa shape index (κ3) is 4.99. The summed E-state index contributed by atoms with van der Waals surface area (Å²) in [5.41, 5.74) is 0.500. The maximum absolute atomic E-state index is 13.0. The second kappa shape index (κ2) is 8.71. The summed E-state index contributed by atoms with van der Waals surface area (Å²) in [6.45, 7) is 0.228. The average molecular weight is 470 g/mol. The summed E-state index contributed by atoms with van der Waals surface area (Å²) in [6.07, 6.45) is 0. The number of fused-ring (bicyclic) bond motifs is 1. The smallest absolute Gasteiger partial charge is 0.339 e. The summed E-state index contributed by atoms with van der Waals surface area (Å²) in [5, 5.41) is 14.5. The second-order valence-corrected chi connectivity index (χ2v) is 8.45. The zero-order valence-electron chi connectivity index (χ0n) is 16.7. The van der Waals surface area contributed by atoms with E-state index in [9.17, 15) is 27.7 Å². The Balaban J connectivity index is 1.50. The predicted octanol–water partition coefficient (Wildman–Crippen LogP) is 4.22. The second-order valence-electron chi connectivity index (χ2n) is 6.91. The molecule has 1 N–H and O–H groups in total. The number of hydrogen-bond donors (Lipinski definition) is 1. The lowest BCUT2D eigenvalue weighted by Crippen LogP contribution is -2.10. The molecule has 4 aromatic rings. The van der Waals surface area contributed by atoms with Gasteiger partial charge in [-0.25, -0.2) is 9.18 Å². The molecule has 168 valence electrons. The van der Waals surface area contributed by atoms with Gasteiger partial charge in [0.15, 0.2) is 0 Å². The number of nitrogens with zero attached hydrogens (tertiary/aromatic N) is 1. The Morgan fingerprint density at radius 1 is 1.00 bits per heavy atom. The van der Waals surface area contributed by atoms with Crippen molar-refractivity contribution < 1.29 is 26.3 Å². The lowest BCUT2D eigenvalue weighted by Gasteiger charge is -2.10. The molecule has 0 aliphatic carbocycles. The van der Waals surface area contributed by atoms with Crippen LogP contribution in [0.3, 0.4) is 0 Å². The molecule has 1 heterocycles. The van der Waals surface area contributed by atoms with Gasteiger partial charge >= 0.3 is 15.7 Å². The van der Waals surface area contributed by atoms with Crippen molar-refractivity contribution in [3.05, 3.63) is 105 Å². The fourth-order valence-corrected chi connectivity index (χ4v) is 3.98. The summed E-state index contributed by atoms with van der Waals surface area (Å²) in [5.74, 6) is -0.506. The van der Waals surface area contributed by atoms with Crippen molar-refractivity contribution in [2.75, 3.05) is 5.32 Å². The van der Waals surface area contributed by atoms with Crippen molar-refractivity contribution >= 4 is 32.5 Å². The largest absolute Gasteiger partial charge is 0.423 e. The van der Waals surface area contributed by atoms with E-state index in [-0.39, 0.29) is 28.5 Å². The van der Waals surface area contributed by atoms with E-state index in [1.807, 2.05) is 0 Å². The molecule has 0 bridgehead atoms. The number of halogens is 1. The predicted molar refractivity (Wildman–Crippen MR) is 117 cm³/mol. The average Bonchev–Trinajstić information content (AvgIpc) is 2.78. The van der Waals surface area contributed by atoms with Gasteiger partial charge in [-0.2, -0.15) is 8.42 Å². The van der Waals surface area contributed by atoms with E-state index >= 15 is 0 Å². The van der Waals surface area contributed by atoms with E-state index in [0.29, 0.717) is 16.6 Å². The molecule has 4 rings (SSSR count).